The van der Waals surface area contributed by atoms with E-state index in [1.807, 2.05) is 140 Å². The van der Waals surface area contributed by atoms with Crippen molar-refractivity contribution in [2.45, 2.75) is 48.7 Å². The van der Waals surface area contributed by atoms with E-state index in [2.05, 4.69) is 25.7 Å². The van der Waals surface area contributed by atoms with Crippen molar-refractivity contribution in [1.82, 2.24) is 15.6 Å². The number of nitrogens with one attached hydrogen (secondary N) is 3. The Morgan fingerprint density at radius 2 is 1.16 bits per heavy atom. The van der Waals surface area contributed by atoms with Gasteiger partial charge in [0.15, 0.2) is 0 Å². The predicted molar refractivity (Wildman–Crippen MR) is 235 cm³/mol. The largest absolute Gasteiger partial charge is 0.491 e. The Bertz CT molecular complexity index is 2260. The van der Waals surface area contributed by atoms with Gasteiger partial charge in [-0.3, -0.25) is 14.4 Å². The number of ether oxygens (including phenoxy) is 1. The Labute approximate surface area is 362 Å². The molecule has 6 rings (SSSR count). The molecule has 0 aliphatic carbocycles. The highest BCUT2D eigenvalue weighted by Crippen LogP contribution is 2.48. The minimum absolute atomic E-state index is 0.0220. The summed E-state index contributed by atoms with van der Waals surface area (Å²) in [6.07, 6.45) is -3.32. The van der Waals surface area contributed by atoms with Crippen molar-refractivity contribution in [2.75, 3.05) is 17.6 Å². The molecule has 0 spiro atoms. The second-order valence-corrected chi connectivity index (χ2v) is 15.6. The third kappa shape index (κ3) is 12.2. The summed E-state index contributed by atoms with van der Waals surface area (Å²) < 4.78 is 42.7. The second-order valence-electron chi connectivity index (χ2n) is 14.3. The molecule has 9 nitrogen and oxygen atoms in total. The third-order valence-corrected chi connectivity index (χ3v) is 11.6. The number of halogens is 3. The van der Waals surface area contributed by atoms with E-state index in [1.165, 1.54) is 11.8 Å². The van der Waals surface area contributed by atoms with Crippen molar-refractivity contribution in [2.24, 2.45) is 0 Å². The van der Waals surface area contributed by atoms with Crippen LogP contribution in [-0.2, 0) is 28.7 Å². The van der Waals surface area contributed by atoms with Crippen LogP contribution in [0, 0.1) is 0 Å². The Kier molecular flexibility index (Phi) is 15.7. The van der Waals surface area contributed by atoms with Crippen molar-refractivity contribution in [1.29, 1.82) is 0 Å². The van der Waals surface area contributed by atoms with Gasteiger partial charge in [-0.15, -0.1) is 11.8 Å². The number of hydrogen-bond donors (Lipinski definition) is 3. The smallest absolute Gasteiger partial charge is 0.386 e. The lowest BCUT2D eigenvalue weighted by molar-refractivity contribution is -0.202. The standard InChI is InChI=1S/C49H45F3N4O5S/c50-49(51,52)47(60)61-45(58)33-41(37-29-27-36(28-30-37)35-17-5-1-6-18-35)56-46(59)42(55-44(57)26-14-16-32-54-43-25-13-15-31-53-43)34-62-48(38-19-7-2-8-20-38,39-21-9-3-10-22-39)40-23-11-4-12-24-40/h1-13,15,17-25,27-31,41-42H,14,16,26,32-34H2,(H,53,54)(H,55,57)(H,56,59)/t41?,42-/m0/s1. The van der Waals surface area contributed by atoms with Crippen LogP contribution in [0.25, 0.3) is 11.1 Å². The fourth-order valence-corrected chi connectivity index (χ4v) is 8.51. The van der Waals surface area contributed by atoms with Crippen LogP contribution < -0.4 is 16.0 Å². The van der Waals surface area contributed by atoms with Gasteiger partial charge in [0.1, 0.15) is 11.9 Å². The first-order valence-corrected chi connectivity index (χ1v) is 21.0. The van der Waals surface area contributed by atoms with Crippen LogP contribution in [0.3, 0.4) is 0 Å². The van der Waals surface area contributed by atoms with Gasteiger partial charge in [0.2, 0.25) is 11.8 Å². The highest BCUT2D eigenvalue weighted by atomic mass is 32.2. The number of alkyl halides is 3. The summed E-state index contributed by atoms with van der Waals surface area (Å²) in [4.78, 5) is 57.1. The zero-order valence-electron chi connectivity index (χ0n) is 33.6. The number of rotatable bonds is 19. The maximum absolute atomic E-state index is 14.6. The van der Waals surface area contributed by atoms with Gasteiger partial charge in [-0.2, -0.15) is 13.2 Å². The first-order chi connectivity index (χ1) is 30.0. The molecule has 1 unspecified atom stereocenters. The monoisotopic (exact) mass is 858 g/mol. The first-order valence-electron chi connectivity index (χ1n) is 20.1. The number of thioether (sulfide) groups is 1. The second kappa shape index (κ2) is 21.7. The predicted octanol–water partition coefficient (Wildman–Crippen LogP) is 9.42. The summed E-state index contributed by atoms with van der Waals surface area (Å²) in [7, 11) is 0. The molecule has 62 heavy (non-hydrogen) atoms. The van der Waals surface area contributed by atoms with E-state index in [4.69, 9.17) is 0 Å². The molecule has 2 atom stereocenters. The van der Waals surface area contributed by atoms with Crippen molar-refractivity contribution < 1.29 is 37.1 Å². The van der Waals surface area contributed by atoms with E-state index in [1.54, 1.807) is 30.5 Å². The number of unbranched alkanes of at least 4 members (excludes halogenated alkanes) is 1. The summed E-state index contributed by atoms with van der Waals surface area (Å²) in [6.45, 7) is 0.565. The van der Waals surface area contributed by atoms with Gasteiger partial charge in [-0.25, -0.2) is 9.78 Å². The van der Waals surface area contributed by atoms with E-state index < -0.39 is 53.2 Å². The van der Waals surface area contributed by atoms with Crippen molar-refractivity contribution in [3.63, 3.8) is 0 Å². The molecule has 0 radical (unpaired) electrons. The number of nitrogens with zero attached hydrogens (tertiary/aromatic N) is 1. The molecule has 1 heterocycles. The number of aromatic nitrogens is 1. The number of carbonyl (C=O) groups excluding carboxylic acids is 4. The highest BCUT2D eigenvalue weighted by Gasteiger charge is 2.43. The molecule has 0 aliphatic rings. The van der Waals surface area contributed by atoms with Gasteiger partial charge >= 0.3 is 18.1 Å². The summed E-state index contributed by atoms with van der Waals surface area (Å²) in [5.41, 5.74) is 4.82. The van der Waals surface area contributed by atoms with Gasteiger partial charge in [-0.1, -0.05) is 152 Å². The normalized spacial score (nSPS) is 12.4. The Balaban J connectivity index is 1.30. The van der Waals surface area contributed by atoms with E-state index in [0.717, 1.165) is 27.8 Å². The molecule has 0 saturated carbocycles. The van der Waals surface area contributed by atoms with Gasteiger partial charge < -0.3 is 20.7 Å². The lowest BCUT2D eigenvalue weighted by atomic mass is 9.84. The van der Waals surface area contributed by atoms with E-state index >= 15 is 0 Å². The minimum atomic E-state index is -5.41. The van der Waals surface area contributed by atoms with Crippen LogP contribution in [0.2, 0.25) is 0 Å². The van der Waals surface area contributed by atoms with E-state index in [-0.39, 0.29) is 12.2 Å². The maximum Gasteiger partial charge on any atom is 0.491 e. The molecular formula is C49H45F3N4O5S. The van der Waals surface area contributed by atoms with Gasteiger partial charge in [0, 0.05) is 24.9 Å². The van der Waals surface area contributed by atoms with Crippen LogP contribution in [0.4, 0.5) is 19.0 Å². The number of amides is 2. The maximum atomic E-state index is 14.6. The van der Waals surface area contributed by atoms with Crippen LogP contribution in [-0.4, -0.2) is 53.3 Å². The molecule has 3 N–H and O–H groups in total. The Morgan fingerprint density at radius 3 is 1.69 bits per heavy atom. The first kappa shape index (κ1) is 44.8. The number of pyridine rings is 1. The Hall–Kier alpha value is -6.73. The average molecular weight is 859 g/mol. The van der Waals surface area contributed by atoms with Gasteiger partial charge in [0.05, 0.1) is 17.2 Å². The van der Waals surface area contributed by atoms with Gasteiger partial charge in [-0.05, 0) is 58.4 Å². The number of carbonyl (C=O) groups is 4. The highest BCUT2D eigenvalue weighted by molar-refractivity contribution is 8.00. The molecule has 0 fully saturated rings. The molecule has 0 saturated heterocycles. The summed E-state index contributed by atoms with van der Waals surface area (Å²) in [5.74, 6) is -4.52. The lowest BCUT2D eigenvalue weighted by Gasteiger charge is -2.36. The van der Waals surface area contributed by atoms with Crippen molar-refractivity contribution in [3.8, 4) is 11.1 Å². The van der Waals surface area contributed by atoms with Crippen molar-refractivity contribution in [3.05, 3.63) is 192 Å². The number of hydrogen-bond acceptors (Lipinski definition) is 8. The number of benzene rings is 5. The van der Waals surface area contributed by atoms with Gasteiger partial charge in [0.25, 0.3) is 0 Å². The summed E-state index contributed by atoms with van der Waals surface area (Å²) in [5, 5.41) is 8.95. The zero-order chi connectivity index (χ0) is 43.8. The van der Waals surface area contributed by atoms with E-state index in [0.29, 0.717) is 30.8 Å². The number of esters is 2. The topological polar surface area (TPSA) is 126 Å². The van der Waals surface area contributed by atoms with Crippen LogP contribution >= 0.6 is 11.8 Å². The van der Waals surface area contributed by atoms with Crippen LogP contribution in [0.5, 0.6) is 0 Å². The molecule has 318 valence electrons. The molecule has 6 aromatic rings. The lowest BCUT2D eigenvalue weighted by Crippen LogP contribution is -2.50. The Morgan fingerprint density at radius 1 is 0.629 bits per heavy atom. The molecule has 5 aromatic carbocycles. The molecule has 2 amide bonds. The molecule has 0 aliphatic heterocycles. The SMILES string of the molecule is O=C(CCCCNc1ccccn1)N[C@@H](CSC(c1ccccc1)(c1ccccc1)c1ccccc1)C(=O)NC(CC(=O)OC(=O)C(F)(F)F)c1ccc(-c2ccccc2)cc1. The summed E-state index contributed by atoms with van der Waals surface area (Å²) in [6, 6.07) is 48.6. The summed E-state index contributed by atoms with van der Waals surface area (Å²) >= 11 is 1.43. The fraction of sp³-hybridized carbons (Fsp3) is 0.204. The van der Waals surface area contributed by atoms with E-state index in [9.17, 15) is 32.3 Å². The number of anilines is 1. The van der Waals surface area contributed by atoms with Crippen molar-refractivity contribution >= 4 is 41.3 Å². The van der Waals surface area contributed by atoms with Crippen LogP contribution in [0.15, 0.2) is 170 Å². The molecule has 0 bridgehead atoms. The molecular weight excluding hydrogens is 814 g/mol. The quantitative estimate of drug-likeness (QED) is 0.0319. The average Bonchev–Trinajstić information content (AvgIpc) is 3.30. The molecule has 13 heteroatoms. The fourth-order valence-electron chi connectivity index (χ4n) is 6.95. The zero-order valence-corrected chi connectivity index (χ0v) is 34.4. The molecule has 1 aromatic heterocycles. The minimum Gasteiger partial charge on any atom is -0.386 e. The third-order valence-electron chi connectivity index (χ3n) is 10.0. The van der Waals surface area contributed by atoms with Crippen LogP contribution in [0.1, 0.15) is 54.0 Å².